The average molecular weight is 501 g/mol. The molecule has 1 aliphatic heterocycles. The van der Waals surface area contributed by atoms with Crippen LogP contribution in [-0.2, 0) is 22.7 Å². The number of benzene rings is 2. The van der Waals surface area contributed by atoms with E-state index in [-0.39, 0.29) is 0 Å². The van der Waals surface area contributed by atoms with E-state index in [0.29, 0.717) is 39.0 Å². The molecule has 0 radical (unpaired) electrons. The molecule has 0 bridgehead atoms. The van der Waals surface area contributed by atoms with E-state index in [2.05, 4.69) is 34.4 Å². The number of hydrogen-bond acceptors (Lipinski definition) is 7. The summed E-state index contributed by atoms with van der Waals surface area (Å²) in [6.45, 7) is 13.3. The van der Waals surface area contributed by atoms with Crippen LogP contribution in [0.25, 0.3) is 11.3 Å². The van der Waals surface area contributed by atoms with Gasteiger partial charge < -0.3 is 19.5 Å². The Balaban J connectivity index is 1.44. The number of nitrogens with zero attached hydrogens (tertiary/aromatic N) is 3. The lowest BCUT2D eigenvalue weighted by molar-refractivity contribution is 0.144. The van der Waals surface area contributed by atoms with Crippen molar-refractivity contribution in [3.63, 3.8) is 0 Å². The van der Waals surface area contributed by atoms with Gasteiger partial charge in [-0.15, -0.1) is 13.2 Å². The normalized spacial score (nSPS) is 13.4. The van der Waals surface area contributed by atoms with E-state index in [9.17, 15) is 0 Å². The summed E-state index contributed by atoms with van der Waals surface area (Å²) in [6.07, 6.45) is 7.81. The van der Waals surface area contributed by atoms with Crippen LogP contribution in [0.1, 0.15) is 24.0 Å². The molecule has 1 aromatic heterocycles. The van der Waals surface area contributed by atoms with Crippen molar-refractivity contribution in [1.82, 2.24) is 14.9 Å². The fraction of sp³-hybridized carbons (Fsp3) is 0.333. The summed E-state index contributed by atoms with van der Waals surface area (Å²) < 4.78 is 17.4. The van der Waals surface area contributed by atoms with Gasteiger partial charge in [-0.05, 0) is 61.8 Å². The molecular weight excluding hydrogens is 464 g/mol. The van der Waals surface area contributed by atoms with E-state index >= 15 is 0 Å². The third-order valence-electron chi connectivity index (χ3n) is 6.06. The van der Waals surface area contributed by atoms with Gasteiger partial charge in [0.1, 0.15) is 12.4 Å². The fourth-order valence-corrected chi connectivity index (χ4v) is 4.24. The largest absolute Gasteiger partial charge is 0.492 e. The van der Waals surface area contributed by atoms with Crippen LogP contribution in [0, 0.1) is 0 Å². The molecule has 0 amide bonds. The molecule has 2 heterocycles. The van der Waals surface area contributed by atoms with Gasteiger partial charge in [-0.2, -0.15) is 0 Å². The summed E-state index contributed by atoms with van der Waals surface area (Å²) in [5.74, 6) is 1.35. The van der Waals surface area contributed by atoms with Crippen molar-refractivity contribution in [3.05, 3.63) is 91.2 Å². The number of nitrogens with one attached hydrogen (secondary N) is 1. The molecule has 0 aliphatic carbocycles. The number of ether oxygens (including phenoxy) is 3. The van der Waals surface area contributed by atoms with Crippen LogP contribution in [0.15, 0.2) is 80.0 Å². The molecule has 4 rings (SSSR count). The first-order valence-corrected chi connectivity index (χ1v) is 12.8. The molecule has 1 N–H and O–H groups in total. The quantitative estimate of drug-likeness (QED) is 0.210. The molecule has 0 unspecified atom stereocenters. The van der Waals surface area contributed by atoms with Crippen LogP contribution < -0.4 is 10.1 Å². The Morgan fingerprint density at radius 2 is 1.76 bits per heavy atom. The summed E-state index contributed by atoms with van der Waals surface area (Å²) in [6, 6.07) is 16.1. The predicted octanol–water partition coefficient (Wildman–Crippen LogP) is 5.77. The first-order chi connectivity index (χ1) is 18.2. The van der Waals surface area contributed by atoms with Crippen molar-refractivity contribution in [2.75, 3.05) is 44.8 Å². The van der Waals surface area contributed by atoms with E-state index in [1.807, 2.05) is 42.5 Å². The summed E-state index contributed by atoms with van der Waals surface area (Å²) in [5, 5.41) is 3.33. The number of aromatic nitrogens is 2. The minimum Gasteiger partial charge on any atom is -0.492 e. The average Bonchev–Trinajstić information content (AvgIpc) is 3.44. The molecule has 7 nitrogen and oxygen atoms in total. The van der Waals surface area contributed by atoms with Crippen LogP contribution in [0.5, 0.6) is 5.75 Å². The highest BCUT2D eigenvalue weighted by molar-refractivity contribution is 5.63. The van der Waals surface area contributed by atoms with Crippen molar-refractivity contribution in [2.24, 2.45) is 0 Å². The van der Waals surface area contributed by atoms with Gasteiger partial charge in [0, 0.05) is 29.6 Å². The SMILES string of the molecule is C=CCOCc1cccc(-c2ccnc(Nc3ccc(OCCN4CCCC4)c(COCC=C)c3)n2)c1. The summed E-state index contributed by atoms with van der Waals surface area (Å²) >= 11 is 0. The van der Waals surface area contributed by atoms with E-state index in [4.69, 9.17) is 19.2 Å². The van der Waals surface area contributed by atoms with E-state index in [1.54, 1.807) is 18.3 Å². The minimum absolute atomic E-state index is 0.433. The van der Waals surface area contributed by atoms with Crippen LogP contribution >= 0.6 is 0 Å². The second-order valence-corrected chi connectivity index (χ2v) is 8.92. The van der Waals surface area contributed by atoms with E-state index < -0.39 is 0 Å². The lowest BCUT2D eigenvalue weighted by atomic mass is 10.1. The highest BCUT2D eigenvalue weighted by Gasteiger charge is 2.12. The molecule has 0 saturated carbocycles. The van der Waals surface area contributed by atoms with Gasteiger partial charge in [-0.3, -0.25) is 4.90 Å². The Morgan fingerprint density at radius 3 is 2.57 bits per heavy atom. The van der Waals surface area contributed by atoms with Crippen LogP contribution in [0.3, 0.4) is 0 Å². The smallest absolute Gasteiger partial charge is 0.227 e. The molecule has 37 heavy (non-hydrogen) atoms. The molecule has 1 saturated heterocycles. The molecular formula is C30H36N4O3. The Kier molecular flexibility index (Phi) is 10.2. The second kappa shape index (κ2) is 14.3. The van der Waals surface area contributed by atoms with Crippen molar-refractivity contribution in [3.8, 4) is 17.0 Å². The molecule has 7 heteroatoms. The number of likely N-dealkylation sites (tertiary alicyclic amines) is 1. The molecule has 3 aromatic rings. The van der Waals surface area contributed by atoms with Gasteiger partial charge in [0.15, 0.2) is 0 Å². The van der Waals surface area contributed by atoms with Crippen molar-refractivity contribution in [2.45, 2.75) is 26.1 Å². The van der Waals surface area contributed by atoms with Crippen LogP contribution in [0.4, 0.5) is 11.6 Å². The third kappa shape index (κ3) is 8.25. The van der Waals surface area contributed by atoms with Gasteiger partial charge >= 0.3 is 0 Å². The molecule has 2 aromatic carbocycles. The predicted molar refractivity (Wildman–Crippen MR) is 148 cm³/mol. The Bertz CT molecular complexity index is 1160. The fourth-order valence-electron chi connectivity index (χ4n) is 4.24. The molecule has 1 aliphatic rings. The van der Waals surface area contributed by atoms with Crippen molar-refractivity contribution >= 4 is 11.6 Å². The van der Waals surface area contributed by atoms with Gasteiger partial charge in [0.25, 0.3) is 0 Å². The van der Waals surface area contributed by atoms with Crippen molar-refractivity contribution in [1.29, 1.82) is 0 Å². The minimum atomic E-state index is 0.433. The summed E-state index contributed by atoms with van der Waals surface area (Å²) in [7, 11) is 0. The highest BCUT2D eigenvalue weighted by atomic mass is 16.5. The molecule has 1 fully saturated rings. The molecule has 0 atom stereocenters. The van der Waals surface area contributed by atoms with Crippen LogP contribution in [0.2, 0.25) is 0 Å². The standard InChI is InChI=1S/C30H36N4O3/c1-3-17-35-22-24-8-7-9-25(20-24)28-12-13-31-30(33-28)32-27-10-11-29(26(21-27)23-36-18-4-2)37-19-16-34-14-5-6-15-34/h3-4,7-13,20-21H,1-2,5-6,14-19,22-23H2,(H,31,32,33). The Labute approximate surface area is 219 Å². The lowest BCUT2D eigenvalue weighted by Gasteiger charge is -2.17. The van der Waals surface area contributed by atoms with Crippen LogP contribution in [-0.4, -0.2) is 54.3 Å². The molecule has 194 valence electrons. The second-order valence-electron chi connectivity index (χ2n) is 8.92. The number of rotatable bonds is 15. The van der Waals surface area contributed by atoms with E-state index in [0.717, 1.165) is 53.5 Å². The first kappa shape index (κ1) is 26.5. The zero-order chi connectivity index (χ0) is 25.7. The Morgan fingerprint density at radius 1 is 0.946 bits per heavy atom. The topological polar surface area (TPSA) is 68.7 Å². The number of hydrogen-bond donors (Lipinski definition) is 1. The maximum absolute atomic E-state index is 6.14. The van der Waals surface area contributed by atoms with Gasteiger partial charge in [0.05, 0.1) is 32.1 Å². The van der Waals surface area contributed by atoms with E-state index in [1.165, 1.54) is 12.8 Å². The zero-order valence-electron chi connectivity index (χ0n) is 21.4. The maximum atomic E-state index is 6.14. The maximum Gasteiger partial charge on any atom is 0.227 e. The van der Waals surface area contributed by atoms with Gasteiger partial charge in [0.2, 0.25) is 5.95 Å². The molecule has 0 spiro atoms. The Hall–Kier alpha value is -3.52. The zero-order valence-corrected chi connectivity index (χ0v) is 21.4. The first-order valence-electron chi connectivity index (χ1n) is 12.8. The monoisotopic (exact) mass is 500 g/mol. The lowest BCUT2D eigenvalue weighted by Crippen LogP contribution is -2.25. The van der Waals surface area contributed by atoms with Gasteiger partial charge in [-0.1, -0.05) is 30.4 Å². The number of anilines is 2. The summed E-state index contributed by atoms with van der Waals surface area (Å²) in [4.78, 5) is 11.6. The van der Waals surface area contributed by atoms with Gasteiger partial charge in [-0.25, -0.2) is 9.97 Å². The van der Waals surface area contributed by atoms with Crippen molar-refractivity contribution < 1.29 is 14.2 Å². The third-order valence-corrected chi connectivity index (χ3v) is 6.06. The summed E-state index contributed by atoms with van der Waals surface area (Å²) in [5.41, 5.74) is 4.76. The highest BCUT2D eigenvalue weighted by Crippen LogP contribution is 2.26.